The lowest BCUT2D eigenvalue weighted by atomic mass is 10.1. The van der Waals surface area contributed by atoms with Crippen LogP contribution in [0.3, 0.4) is 0 Å². The molecule has 0 aliphatic rings. The van der Waals surface area contributed by atoms with Crippen LogP contribution in [0.5, 0.6) is 11.5 Å². The van der Waals surface area contributed by atoms with Gasteiger partial charge >= 0.3 is 0 Å². The highest BCUT2D eigenvalue weighted by Gasteiger charge is 2.08. The van der Waals surface area contributed by atoms with Crippen molar-refractivity contribution in [2.24, 2.45) is 5.73 Å². The first kappa shape index (κ1) is 14.7. The number of hydrogen-bond donors (Lipinski definition) is 1. The molecule has 0 radical (unpaired) electrons. The van der Waals surface area contributed by atoms with Gasteiger partial charge < -0.3 is 10.5 Å². The number of ether oxygens (including phenoxy) is 1. The van der Waals surface area contributed by atoms with Crippen molar-refractivity contribution in [2.45, 2.75) is 6.42 Å². The normalized spacial score (nSPS) is 10.5. The van der Waals surface area contributed by atoms with Crippen LogP contribution in [-0.2, 0) is 6.42 Å². The molecule has 100 valence electrons. The van der Waals surface area contributed by atoms with Gasteiger partial charge in [0.05, 0.1) is 5.02 Å². The second-order valence-corrected chi connectivity index (χ2v) is 5.59. The summed E-state index contributed by atoms with van der Waals surface area (Å²) >= 11 is 15.5. The summed E-state index contributed by atoms with van der Waals surface area (Å²) in [6.45, 7) is 0.610. The number of benzene rings is 2. The molecule has 0 saturated carbocycles. The molecule has 0 aliphatic heterocycles. The highest BCUT2D eigenvalue weighted by atomic mass is 79.9. The van der Waals surface area contributed by atoms with Gasteiger partial charge in [0.25, 0.3) is 0 Å². The van der Waals surface area contributed by atoms with E-state index in [4.69, 9.17) is 33.7 Å². The molecule has 2 aromatic rings. The third-order valence-corrected chi connectivity index (χ3v) is 4.12. The van der Waals surface area contributed by atoms with E-state index in [1.54, 1.807) is 18.2 Å². The molecule has 2 rings (SSSR count). The molecule has 19 heavy (non-hydrogen) atoms. The van der Waals surface area contributed by atoms with Crippen LogP contribution in [0.1, 0.15) is 5.56 Å². The molecule has 2 aromatic carbocycles. The molecule has 0 atom stereocenters. The first-order valence-corrected chi connectivity index (χ1v) is 7.27. The first-order valence-electron chi connectivity index (χ1n) is 5.72. The van der Waals surface area contributed by atoms with Crippen LogP contribution >= 0.6 is 39.1 Å². The molecular weight excluding hydrogens is 349 g/mol. The minimum Gasteiger partial charge on any atom is -0.456 e. The van der Waals surface area contributed by atoms with Crippen molar-refractivity contribution >= 4 is 39.1 Å². The Morgan fingerprint density at radius 1 is 1.16 bits per heavy atom. The molecule has 2 nitrogen and oxygen atoms in total. The Balaban J connectivity index is 2.24. The Morgan fingerprint density at radius 3 is 2.63 bits per heavy atom. The van der Waals surface area contributed by atoms with Crippen LogP contribution in [0.25, 0.3) is 0 Å². The molecule has 0 spiro atoms. The topological polar surface area (TPSA) is 35.2 Å². The summed E-state index contributed by atoms with van der Waals surface area (Å²) < 4.78 is 6.69. The SMILES string of the molecule is NCCc1ccc(Oc2cccc(Cl)c2Cl)cc1Br. The van der Waals surface area contributed by atoms with Crippen molar-refractivity contribution in [1.29, 1.82) is 0 Å². The van der Waals surface area contributed by atoms with Crippen molar-refractivity contribution in [1.82, 2.24) is 0 Å². The van der Waals surface area contributed by atoms with Crippen LogP contribution in [0, 0.1) is 0 Å². The lowest BCUT2D eigenvalue weighted by molar-refractivity contribution is 0.482. The van der Waals surface area contributed by atoms with Gasteiger partial charge in [-0.3, -0.25) is 0 Å². The first-order chi connectivity index (χ1) is 9.11. The van der Waals surface area contributed by atoms with Gasteiger partial charge in [-0.1, -0.05) is 51.3 Å². The summed E-state index contributed by atoms with van der Waals surface area (Å²) in [5.41, 5.74) is 6.69. The fraction of sp³-hybridized carbons (Fsp3) is 0.143. The third kappa shape index (κ3) is 3.63. The van der Waals surface area contributed by atoms with Crippen molar-refractivity contribution in [2.75, 3.05) is 6.54 Å². The molecule has 5 heteroatoms. The predicted octanol–water partition coefficient (Wildman–Crippen LogP) is 5.05. The van der Waals surface area contributed by atoms with Crippen LogP contribution < -0.4 is 10.5 Å². The van der Waals surface area contributed by atoms with E-state index in [0.717, 1.165) is 16.5 Å². The second kappa shape index (κ2) is 6.62. The minimum absolute atomic E-state index is 0.409. The summed E-state index contributed by atoms with van der Waals surface area (Å²) in [7, 11) is 0. The minimum atomic E-state index is 0.409. The fourth-order valence-electron chi connectivity index (χ4n) is 1.64. The summed E-state index contributed by atoms with van der Waals surface area (Å²) in [5, 5.41) is 0.879. The summed E-state index contributed by atoms with van der Waals surface area (Å²) in [4.78, 5) is 0. The lowest BCUT2D eigenvalue weighted by Crippen LogP contribution is -2.03. The van der Waals surface area contributed by atoms with E-state index < -0.39 is 0 Å². The maximum absolute atomic E-state index is 6.08. The molecular formula is C14H12BrCl2NO. The molecule has 0 heterocycles. The molecule has 2 N–H and O–H groups in total. The maximum Gasteiger partial charge on any atom is 0.147 e. The van der Waals surface area contributed by atoms with Gasteiger partial charge in [0, 0.05) is 4.47 Å². The Morgan fingerprint density at radius 2 is 1.95 bits per heavy atom. The highest BCUT2D eigenvalue weighted by molar-refractivity contribution is 9.10. The Bertz CT molecular complexity index is 590. The van der Waals surface area contributed by atoms with Gasteiger partial charge in [-0.25, -0.2) is 0 Å². The van der Waals surface area contributed by atoms with Crippen molar-refractivity contribution < 1.29 is 4.74 Å². The van der Waals surface area contributed by atoms with Gasteiger partial charge in [-0.05, 0) is 42.8 Å². The van der Waals surface area contributed by atoms with Crippen molar-refractivity contribution in [3.63, 3.8) is 0 Å². The predicted molar refractivity (Wildman–Crippen MR) is 83.4 cm³/mol. The third-order valence-electron chi connectivity index (χ3n) is 2.58. The Kier molecular flexibility index (Phi) is 5.11. The van der Waals surface area contributed by atoms with Crippen molar-refractivity contribution in [3.8, 4) is 11.5 Å². The number of rotatable bonds is 4. The lowest BCUT2D eigenvalue weighted by Gasteiger charge is -2.10. The van der Waals surface area contributed by atoms with Gasteiger partial charge in [0.1, 0.15) is 16.5 Å². The van der Waals surface area contributed by atoms with Crippen LogP contribution in [0.15, 0.2) is 40.9 Å². The van der Waals surface area contributed by atoms with Crippen LogP contribution in [0.2, 0.25) is 10.0 Å². The maximum atomic E-state index is 6.08. The van der Waals surface area contributed by atoms with Gasteiger partial charge in [0.15, 0.2) is 0 Å². The summed E-state index contributed by atoms with van der Waals surface area (Å²) in [5.74, 6) is 1.23. The molecule has 0 aliphatic carbocycles. The number of hydrogen-bond acceptors (Lipinski definition) is 2. The average molecular weight is 361 g/mol. The summed E-state index contributed by atoms with van der Waals surface area (Å²) in [6.07, 6.45) is 0.818. The molecule has 0 amide bonds. The van der Waals surface area contributed by atoms with Crippen LogP contribution in [0.4, 0.5) is 0 Å². The number of nitrogens with two attached hydrogens (primary N) is 1. The van der Waals surface area contributed by atoms with Gasteiger partial charge in [-0.2, -0.15) is 0 Å². The largest absolute Gasteiger partial charge is 0.456 e. The molecule has 0 aromatic heterocycles. The van der Waals surface area contributed by atoms with Crippen molar-refractivity contribution in [3.05, 3.63) is 56.5 Å². The smallest absolute Gasteiger partial charge is 0.147 e. The molecule has 0 bridgehead atoms. The van der Waals surface area contributed by atoms with E-state index in [-0.39, 0.29) is 0 Å². The van der Waals surface area contributed by atoms with E-state index in [1.165, 1.54) is 0 Å². The quantitative estimate of drug-likeness (QED) is 0.827. The number of halogens is 3. The zero-order chi connectivity index (χ0) is 13.8. The molecule has 0 unspecified atom stereocenters. The fourth-order valence-corrected chi connectivity index (χ4v) is 2.53. The molecule has 0 fully saturated rings. The monoisotopic (exact) mass is 359 g/mol. The van der Waals surface area contributed by atoms with E-state index in [1.807, 2.05) is 18.2 Å². The highest BCUT2D eigenvalue weighted by Crippen LogP contribution is 2.35. The van der Waals surface area contributed by atoms with E-state index >= 15 is 0 Å². The average Bonchev–Trinajstić information content (AvgIpc) is 2.38. The Hall–Kier alpha value is -0.740. The van der Waals surface area contributed by atoms with E-state index in [0.29, 0.717) is 28.1 Å². The van der Waals surface area contributed by atoms with E-state index in [2.05, 4.69) is 15.9 Å². The second-order valence-electron chi connectivity index (χ2n) is 3.95. The zero-order valence-electron chi connectivity index (χ0n) is 10.00. The standard InChI is InChI=1S/C14H12BrCl2NO/c15-11-8-10(5-4-9(11)6-7-18)19-13-3-1-2-12(16)14(13)17/h1-5,8H,6-7,18H2. The van der Waals surface area contributed by atoms with Gasteiger partial charge in [0.2, 0.25) is 0 Å². The zero-order valence-corrected chi connectivity index (χ0v) is 13.1. The Labute approximate surface area is 130 Å². The van der Waals surface area contributed by atoms with Gasteiger partial charge in [-0.15, -0.1) is 0 Å². The summed E-state index contributed by atoms with van der Waals surface area (Å²) in [6, 6.07) is 11.0. The van der Waals surface area contributed by atoms with Crippen LogP contribution in [-0.4, -0.2) is 6.54 Å². The van der Waals surface area contributed by atoms with E-state index in [9.17, 15) is 0 Å². The molecule has 0 saturated heterocycles.